The van der Waals surface area contributed by atoms with E-state index in [1.165, 1.54) is 32.1 Å². The topological polar surface area (TPSA) is 0 Å². The molecule has 1 aliphatic carbocycles. The lowest BCUT2D eigenvalue weighted by Crippen LogP contribution is -1.75. The first kappa shape index (κ1) is 11.0. The summed E-state index contributed by atoms with van der Waals surface area (Å²) in [6.45, 7) is 0. The van der Waals surface area contributed by atoms with Crippen LogP contribution >= 0.6 is 0 Å². The zero-order valence-electron chi connectivity index (χ0n) is 8.86. The highest BCUT2D eigenvalue weighted by Crippen LogP contribution is 2.05. The van der Waals surface area contributed by atoms with Gasteiger partial charge in [-0.2, -0.15) is 0 Å². The Balaban J connectivity index is 2.36. The molecule has 0 heterocycles. The fourth-order valence-electron chi connectivity index (χ4n) is 1.45. The Labute approximate surface area is 87.7 Å². The van der Waals surface area contributed by atoms with Gasteiger partial charge in [-0.15, -0.1) is 0 Å². The molecule has 0 nitrogen and oxygen atoms in total. The van der Waals surface area contributed by atoms with E-state index in [2.05, 4.69) is 48.6 Å². The normalized spacial score (nSPS) is 28.6. The maximum Gasteiger partial charge on any atom is -0.0166 e. The molecule has 0 amide bonds. The second kappa shape index (κ2) is 8.55. The number of allylic oxidation sites excluding steroid dienone is 8. The van der Waals surface area contributed by atoms with Crippen LogP contribution in [-0.2, 0) is 0 Å². The third-order valence-corrected chi connectivity index (χ3v) is 2.29. The van der Waals surface area contributed by atoms with Gasteiger partial charge < -0.3 is 0 Å². The van der Waals surface area contributed by atoms with E-state index in [1.54, 1.807) is 0 Å². The summed E-state index contributed by atoms with van der Waals surface area (Å²) in [7, 11) is 0. The molecule has 0 aromatic heterocycles. The van der Waals surface area contributed by atoms with Gasteiger partial charge in [-0.3, -0.25) is 0 Å². The second-order valence-corrected chi connectivity index (χ2v) is 3.59. The first-order chi connectivity index (χ1) is 7.00. The van der Waals surface area contributed by atoms with E-state index in [1.807, 2.05) is 0 Å². The fourth-order valence-corrected chi connectivity index (χ4v) is 1.45. The molecule has 0 aliphatic heterocycles. The monoisotopic (exact) mass is 188 g/mol. The molecule has 1 aliphatic rings. The zero-order valence-corrected chi connectivity index (χ0v) is 8.86. The molecule has 0 aromatic rings. The van der Waals surface area contributed by atoms with E-state index in [-0.39, 0.29) is 0 Å². The van der Waals surface area contributed by atoms with Crippen molar-refractivity contribution in [2.24, 2.45) is 0 Å². The van der Waals surface area contributed by atoms with E-state index in [9.17, 15) is 0 Å². The van der Waals surface area contributed by atoms with Crippen LogP contribution in [0.15, 0.2) is 48.6 Å². The van der Waals surface area contributed by atoms with Crippen molar-refractivity contribution in [3.05, 3.63) is 48.6 Å². The third-order valence-electron chi connectivity index (χ3n) is 2.29. The molecule has 0 unspecified atom stereocenters. The lowest BCUT2D eigenvalue weighted by molar-refractivity contribution is 0.695. The van der Waals surface area contributed by atoms with Gasteiger partial charge in [0, 0.05) is 0 Å². The van der Waals surface area contributed by atoms with Gasteiger partial charge in [0.25, 0.3) is 0 Å². The highest BCUT2D eigenvalue weighted by Gasteiger charge is 1.85. The molecule has 76 valence electrons. The first-order valence-electron chi connectivity index (χ1n) is 5.63. The van der Waals surface area contributed by atoms with Crippen LogP contribution in [0.1, 0.15) is 38.5 Å². The predicted molar refractivity (Wildman–Crippen MR) is 64.3 cm³/mol. The molecule has 0 saturated heterocycles. The number of rotatable bonds is 0. The van der Waals surface area contributed by atoms with Crippen molar-refractivity contribution in [2.45, 2.75) is 38.5 Å². The number of hydrogen-bond acceptors (Lipinski definition) is 0. The minimum absolute atomic E-state index is 1.06. The molecular weight excluding hydrogens is 168 g/mol. The standard InChI is InChI=1S/C14H20/c1-2-4-6-8-10-12-14-13-11-9-7-5-3-1/h1-6,9,11H,7-8,10,12-14H2/b2-1-,5-3-,6-4-,11-9-. The van der Waals surface area contributed by atoms with E-state index in [0.717, 1.165) is 6.42 Å². The molecular formula is C14H20. The molecule has 0 aromatic carbocycles. The minimum Gasteiger partial charge on any atom is -0.0882 e. The molecule has 0 N–H and O–H groups in total. The Morgan fingerprint density at radius 1 is 0.500 bits per heavy atom. The lowest BCUT2D eigenvalue weighted by Gasteiger charge is -1.95. The van der Waals surface area contributed by atoms with E-state index >= 15 is 0 Å². The minimum atomic E-state index is 1.06. The van der Waals surface area contributed by atoms with Crippen LogP contribution < -0.4 is 0 Å². The van der Waals surface area contributed by atoms with Gasteiger partial charge in [0.2, 0.25) is 0 Å². The van der Waals surface area contributed by atoms with Crippen LogP contribution in [-0.4, -0.2) is 0 Å². The third kappa shape index (κ3) is 6.47. The average molecular weight is 188 g/mol. The summed E-state index contributed by atoms with van der Waals surface area (Å²) >= 11 is 0. The molecule has 0 heteroatoms. The van der Waals surface area contributed by atoms with Crippen molar-refractivity contribution < 1.29 is 0 Å². The maximum atomic E-state index is 2.30. The fraction of sp³-hybridized carbons (Fsp3) is 0.429. The van der Waals surface area contributed by atoms with Crippen LogP contribution in [0.4, 0.5) is 0 Å². The molecule has 0 bridgehead atoms. The first-order valence-corrected chi connectivity index (χ1v) is 5.63. The maximum absolute atomic E-state index is 2.30. The number of hydrogen-bond donors (Lipinski definition) is 0. The zero-order chi connectivity index (χ0) is 9.90. The van der Waals surface area contributed by atoms with Crippen molar-refractivity contribution in [1.29, 1.82) is 0 Å². The Morgan fingerprint density at radius 3 is 2.07 bits per heavy atom. The van der Waals surface area contributed by atoms with Crippen LogP contribution in [0.3, 0.4) is 0 Å². The summed E-state index contributed by atoms with van der Waals surface area (Å²) in [6.07, 6.45) is 25.0. The van der Waals surface area contributed by atoms with Crippen molar-refractivity contribution in [1.82, 2.24) is 0 Å². The molecule has 0 atom stereocenters. The smallest absolute Gasteiger partial charge is 0.0166 e. The molecule has 0 fully saturated rings. The van der Waals surface area contributed by atoms with E-state index in [4.69, 9.17) is 0 Å². The largest absolute Gasteiger partial charge is 0.0882 e. The Bertz CT molecular complexity index is 228. The van der Waals surface area contributed by atoms with Gasteiger partial charge >= 0.3 is 0 Å². The molecule has 1 rings (SSSR count). The Morgan fingerprint density at radius 2 is 1.21 bits per heavy atom. The van der Waals surface area contributed by atoms with Crippen molar-refractivity contribution in [3.63, 3.8) is 0 Å². The van der Waals surface area contributed by atoms with Gasteiger partial charge in [-0.05, 0) is 32.1 Å². The molecule has 0 saturated carbocycles. The van der Waals surface area contributed by atoms with Gasteiger partial charge in [0.05, 0.1) is 0 Å². The summed E-state index contributed by atoms with van der Waals surface area (Å²) < 4.78 is 0. The lowest BCUT2D eigenvalue weighted by atomic mass is 10.1. The summed E-state index contributed by atoms with van der Waals surface area (Å²) in [5.41, 5.74) is 0. The SMILES string of the molecule is C1=C\C=C/CCCCC/C=C\C\C=C/1. The average Bonchev–Trinajstić information content (AvgIpc) is 2.22. The Kier molecular flexibility index (Phi) is 6.74. The Hall–Kier alpha value is -1.04. The van der Waals surface area contributed by atoms with Gasteiger partial charge in [-0.25, -0.2) is 0 Å². The van der Waals surface area contributed by atoms with Crippen molar-refractivity contribution in [2.75, 3.05) is 0 Å². The van der Waals surface area contributed by atoms with Gasteiger partial charge in [-0.1, -0.05) is 55.0 Å². The molecule has 0 radical (unpaired) electrons. The van der Waals surface area contributed by atoms with Crippen LogP contribution in [0.5, 0.6) is 0 Å². The summed E-state index contributed by atoms with van der Waals surface area (Å²) in [5, 5.41) is 0. The van der Waals surface area contributed by atoms with Crippen LogP contribution in [0.25, 0.3) is 0 Å². The van der Waals surface area contributed by atoms with Crippen molar-refractivity contribution >= 4 is 0 Å². The predicted octanol–water partition coefficient (Wildman–Crippen LogP) is 4.57. The summed E-state index contributed by atoms with van der Waals surface area (Å²) in [5.74, 6) is 0. The second-order valence-electron chi connectivity index (χ2n) is 3.59. The molecule has 14 heavy (non-hydrogen) atoms. The van der Waals surface area contributed by atoms with Gasteiger partial charge in [0.1, 0.15) is 0 Å². The summed E-state index contributed by atoms with van der Waals surface area (Å²) in [6, 6.07) is 0. The van der Waals surface area contributed by atoms with Crippen LogP contribution in [0, 0.1) is 0 Å². The van der Waals surface area contributed by atoms with E-state index < -0.39 is 0 Å². The highest BCUT2D eigenvalue weighted by atomic mass is 13.9. The highest BCUT2D eigenvalue weighted by molar-refractivity contribution is 5.11. The van der Waals surface area contributed by atoms with Gasteiger partial charge in [0.15, 0.2) is 0 Å². The summed E-state index contributed by atoms with van der Waals surface area (Å²) in [4.78, 5) is 0. The van der Waals surface area contributed by atoms with Crippen LogP contribution in [0.2, 0.25) is 0 Å². The van der Waals surface area contributed by atoms with Crippen molar-refractivity contribution in [3.8, 4) is 0 Å². The quantitative estimate of drug-likeness (QED) is 0.489. The molecule has 0 spiro atoms. The van der Waals surface area contributed by atoms with E-state index in [0.29, 0.717) is 0 Å².